The van der Waals surface area contributed by atoms with Crippen molar-refractivity contribution in [1.82, 2.24) is 9.47 Å². The van der Waals surface area contributed by atoms with E-state index in [1.165, 1.54) is 14.0 Å². The Morgan fingerprint density at radius 1 is 1.21 bits per heavy atom. The average molecular weight is 477 g/mol. The van der Waals surface area contributed by atoms with Crippen LogP contribution in [0.4, 0.5) is 4.79 Å². The van der Waals surface area contributed by atoms with Crippen LogP contribution in [-0.2, 0) is 14.3 Å². The van der Waals surface area contributed by atoms with Gasteiger partial charge in [-0.3, -0.25) is 14.5 Å². The molecule has 0 unspecified atom stereocenters. The Labute approximate surface area is 182 Å². The summed E-state index contributed by atoms with van der Waals surface area (Å²) in [6.45, 7) is 7.47. The van der Waals surface area contributed by atoms with Gasteiger partial charge >= 0.3 is 5.97 Å². The van der Waals surface area contributed by atoms with Gasteiger partial charge in [0.05, 0.1) is 12.0 Å². The Kier molecular flexibility index (Phi) is 6.05. The lowest BCUT2D eigenvalue weighted by Crippen LogP contribution is -2.42. The minimum Gasteiger partial charge on any atom is -0.467 e. The van der Waals surface area contributed by atoms with E-state index in [-0.39, 0.29) is 4.91 Å². The fourth-order valence-electron chi connectivity index (χ4n) is 3.33. The molecule has 0 radical (unpaired) electrons. The first-order valence-electron chi connectivity index (χ1n) is 8.96. The quantitative estimate of drug-likeness (QED) is 0.469. The smallest absolute Gasteiger partial charge is 0.328 e. The standard InChI is InChI=1S/C21H21BrN2O4S/c1-11-8-16(6-7-17(11)22)23-12(2)9-15(13(23)3)10-18-19(25)24(21(27)29-18)14(4)20(26)28-5/h6-10,14H,1-5H3/b18-10+/t14-/m0/s1. The van der Waals surface area contributed by atoms with Gasteiger partial charge in [-0.15, -0.1) is 0 Å². The molecule has 1 fully saturated rings. The molecular formula is C21H21BrN2O4S. The number of hydrogen-bond donors (Lipinski definition) is 0. The van der Waals surface area contributed by atoms with Crippen LogP contribution < -0.4 is 0 Å². The summed E-state index contributed by atoms with van der Waals surface area (Å²) < 4.78 is 7.80. The molecule has 1 atom stereocenters. The van der Waals surface area contributed by atoms with Crippen molar-refractivity contribution in [3.05, 3.63) is 56.2 Å². The largest absolute Gasteiger partial charge is 0.467 e. The first-order valence-corrected chi connectivity index (χ1v) is 10.6. The molecule has 0 N–H and O–H groups in total. The summed E-state index contributed by atoms with van der Waals surface area (Å²) in [5, 5.41) is -0.475. The maximum Gasteiger partial charge on any atom is 0.328 e. The second kappa shape index (κ2) is 8.20. The molecule has 152 valence electrons. The van der Waals surface area contributed by atoms with E-state index in [9.17, 15) is 14.4 Å². The fourth-order valence-corrected chi connectivity index (χ4v) is 4.48. The SMILES string of the molecule is COC(=O)[C@H](C)N1C(=O)S/C(=C/c2cc(C)n(-c3ccc(Br)c(C)c3)c2C)C1=O. The van der Waals surface area contributed by atoms with E-state index >= 15 is 0 Å². The lowest BCUT2D eigenvalue weighted by molar-refractivity contribution is -0.148. The lowest BCUT2D eigenvalue weighted by Gasteiger charge is -2.18. The van der Waals surface area contributed by atoms with Crippen molar-refractivity contribution in [2.75, 3.05) is 7.11 Å². The summed E-state index contributed by atoms with van der Waals surface area (Å²) in [5.74, 6) is -1.11. The average Bonchev–Trinajstić information content (AvgIpc) is 3.11. The molecule has 29 heavy (non-hydrogen) atoms. The van der Waals surface area contributed by atoms with Crippen molar-refractivity contribution in [2.45, 2.75) is 33.7 Å². The number of thioether (sulfide) groups is 1. The third kappa shape index (κ3) is 3.91. The second-order valence-corrected chi connectivity index (χ2v) is 8.69. The Morgan fingerprint density at radius 2 is 1.90 bits per heavy atom. The van der Waals surface area contributed by atoms with Gasteiger partial charge in [-0.2, -0.15) is 0 Å². The molecule has 1 aliphatic heterocycles. The molecule has 8 heteroatoms. The van der Waals surface area contributed by atoms with Crippen molar-refractivity contribution in [2.24, 2.45) is 0 Å². The summed E-state index contributed by atoms with van der Waals surface area (Å²) >= 11 is 4.35. The minimum atomic E-state index is -0.962. The van der Waals surface area contributed by atoms with Crippen LogP contribution in [-0.4, -0.2) is 39.7 Å². The monoisotopic (exact) mass is 476 g/mol. The van der Waals surface area contributed by atoms with E-state index < -0.39 is 23.2 Å². The Balaban J connectivity index is 1.98. The van der Waals surface area contributed by atoms with E-state index in [4.69, 9.17) is 0 Å². The van der Waals surface area contributed by atoms with Gasteiger partial charge in [-0.25, -0.2) is 4.79 Å². The highest BCUT2D eigenvalue weighted by Gasteiger charge is 2.41. The number of nitrogens with zero attached hydrogens (tertiary/aromatic N) is 2. The highest BCUT2D eigenvalue weighted by molar-refractivity contribution is 9.10. The number of aromatic nitrogens is 1. The summed E-state index contributed by atoms with van der Waals surface area (Å²) in [6.07, 6.45) is 1.71. The molecule has 1 aromatic heterocycles. The zero-order valence-electron chi connectivity index (χ0n) is 16.8. The summed E-state index contributed by atoms with van der Waals surface area (Å²) in [7, 11) is 1.23. The third-order valence-electron chi connectivity index (χ3n) is 4.91. The van der Waals surface area contributed by atoms with Crippen LogP contribution in [0.2, 0.25) is 0 Å². The lowest BCUT2D eigenvalue weighted by atomic mass is 10.2. The van der Waals surface area contributed by atoms with Crippen molar-refractivity contribution in [3.8, 4) is 5.69 Å². The number of halogens is 1. The maximum absolute atomic E-state index is 12.7. The predicted molar refractivity (Wildman–Crippen MR) is 117 cm³/mol. The molecule has 2 heterocycles. The van der Waals surface area contributed by atoms with Crippen LogP contribution in [0, 0.1) is 20.8 Å². The van der Waals surface area contributed by atoms with Gasteiger partial charge in [-0.1, -0.05) is 15.9 Å². The normalized spacial score (nSPS) is 16.6. The van der Waals surface area contributed by atoms with Crippen LogP contribution >= 0.6 is 27.7 Å². The molecule has 6 nitrogen and oxygen atoms in total. The number of benzene rings is 1. The number of amides is 2. The van der Waals surface area contributed by atoms with Crippen molar-refractivity contribution in [3.63, 3.8) is 0 Å². The number of carbonyl (C=O) groups is 3. The van der Waals surface area contributed by atoms with E-state index in [0.29, 0.717) is 0 Å². The molecule has 1 saturated heterocycles. The summed E-state index contributed by atoms with van der Waals surface area (Å²) in [6, 6.07) is 7.12. The van der Waals surface area contributed by atoms with Gasteiger partial charge in [0.15, 0.2) is 0 Å². The second-order valence-electron chi connectivity index (χ2n) is 6.85. The van der Waals surface area contributed by atoms with Gasteiger partial charge in [0.2, 0.25) is 0 Å². The molecular weight excluding hydrogens is 456 g/mol. The van der Waals surface area contributed by atoms with Gasteiger partial charge < -0.3 is 9.30 Å². The molecule has 0 saturated carbocycles. The van der Waals surface area contributed by atoms with E-state index in [0.717, 1.165) is 49.3 Å². The van der Waals surface area contributed by atoms with Gasteiger partial charge in [0, 0.05) is 21.5 Å². The molecule has 0 aliphatic carbocycles. The Bertz CT molecular complexity index is 1060. The number of imide groups is 1. The molecule has 2 amide bonds. The zero-order chi connectivity index (χ0) is 21.5. The van der Waals surface area contributed by atoms with Gasteiger partial charge in [0.1, 0.15) is 6.04 Å². The van der Waals surface area contributed by atoms with Gasteiger partial charge in [0.25, 0.3) is 11.1 Å². The first-order chi connectivity index (χ1) is 13.6. The molecule has 0 spiro atoms. The van der Waals surface area contributed by atoms with Crippen molar-refractivity contribution in [1.29, 1.82) is 0 Å². The number of ether oxygens (including phenoxy) is 1. The number of methoxy groups -OCH3 is 1. The number of rotatable bonds is 4. The van der Waals surface area contributed by atoms with E-state index in [1.54, 1.807) is 6.08 Å². The third-order valence-corrected chi connectivity index (χ3v) is 6.68. The highest BCUT2D eigenvalue weighted by Crippen LogP contribution is 2.35. The van der Waals surface area contributed by atoms with Gasteiger partial charge in [-0.05, 0) is 80.9 Å². The topological polar surface area (TPSA) is 68.6 Å². The van der Waals surface area contributed by atoms with Crippen LogP contribution in [0.3, 0.4) is 0 Å². The zero-order valence-corrected chi connectivity index (χ0v) is 19.2. The minimum absolute atomic E-state index is 0.290. The molecule has 3 rings (SSSR count). The Hall–Kier alpha value is -2.32. The summed E-state index contributed by atoms with van der Waals surface area (Å²) in [4.78, 5) is 38.0. The number of hydrogen-bond acceptors (Lipinski definition) is 5. The summed E-state index contributed by atoms with van der Waals surface area (Å²) in [5.41, 5.74) is 4.95. The molecule has 1 aromatic carbocycles. The highest BCUT2D eigenvalue weighted by atomic mass is 79.9. The van der Waals surface area contributed by atoms with Crippen molar-refractivity contribution < 1.29 is 19.1 Å². The molecule has 0 bridgehead atoms. The number of aryl methyl sites for hydroxylation is 2. The number of esters is 1. The van der Waals surface area contributed by atoms with Crippen LogP contribution in [0.5, 0.6) is 0 Å². The maximum atomic E-state index is 12.7. The van der Waals surface area contributed by atoms with E-state index in [1.807, 2.05) is 39.0 Å². The molecule has 2 aromatic rings. The predicted octanol–water partition coefficient (Wildman–Crippen LogP) is 4.76. The van der Waals surface area contributed by atoms with Crippen LogP contribution in [0.15, 0.2) is 33.6 Å². The Morgan fingerprint density at radius 3 is 2.52 bits per heavy atom. The van der Waals surface area contributed by atoms with Crippen molar-refractivity contribution >= 4 is 50.9 Å². The molecule has 1 aliphatic rings. The van der Waals surface area contributed by atoms with Crippen LogP contribution in [0.25, 0.3) is 11.8 Å². The fraction of sp³-hybridized carbons (Fsp3) is 0.286. The van der Waals surface area contributed by atoms with Crippen LogP contribution in [0.1, 0.15) is 29.4 Å². The number of carbonyl (C=O) groups excluding carboxylic acids is 3. The first kappa shape index (κ1) is 21.4. The van der Waals surface area contributed by atoms with E-state index in [2.05, 4.69) is 31.3 Å².